The zero-order valence-corrected chi connectivity index (χ0v) is 10.2. The van der Waals surface area contributed by atoms with E-state index in [1.807, 2.05) is 11.8 Å². The van der Waals surface area contributed by atoms with E-state index in [2.05, 4.69) is 11.9 Å². The molecule has 0 aliphatic rings. The van der Waals surface area contributed by atoms with Gasteiger partial charge < -0.3 is 10.5 Å². The van der Waals surface area contributed by atoms with Crippen LogP contribution in [0.3, 0.4) is 0 Å². The Balaban J connectivity index is 2.67. The summed E-state index contributed by atoms with van der Waals surface area (Å²) >= 11 is 3.58. The van der Waals surface area contributed by atoms with Gasteiger partial charge >= 0.3 is 0 Å². The Hall–Kier alpha value is -0.100. The molecule has 3 nitrogen and oxygen atoms in total. The molecule has 0 amide bonds. The van der Waals surface area contributed by atoms with Crippen LogP contribution in [0.2, 0.25) is 0 Å². The molecule has 0 atom stereocenters. The summed E-state index contributed by atoms with van der Waals surface area (Å²) in [6.07, 6.45) is 0. The maximum absolute atomic E-state index is 5.63. The summed E-state index contributed by atoms with van der Waals surface area (Å²) in [6.45, 7) is 3.28. The third kappa shape index (κ3) is 3.24. The lowest BCUT2D eigenvalue weighted by Crippen LogP contribution is -1.99. The fraction of sp³-hybridized carbons (Fsp3) is 0.667. The predicted octanol–water partition coefficient (Wildman–Crippen LogP) is 2.00. The van der Waals surface area contributed by atoms with Crippen molar-refractivity contribution >= 4 is 23.1 Å². The van der Waals surface area contributed by atoms with Crippen molar-refractivity contribution < 1.29 is 4.74 Å². The van der Waals surface area contributed by atoms with E-state index < -0.39 is 0 Å². The van der Waals surface area contributed by atoms with Gasteiger partial charge in [-0.25, -0.2) is 4.98 Å². The van der Waals surface area contributed by atoms with Crippen LogP contribution in [0.15, 0.2) is 0 Å². The van der Waals surface area contributed by atoms with E-state index in [1.165, 1.54) is 0 Å². The Morgan fingerprint density at radius 3 is 2.93 bits per heavy atom. The smallest absolute Gasteiger partial charge is 0.103 e. The van der Waals surface area contributed by atoms with Crippen molar-refractivity contribution in [3.8, 4) is 0 Å². The fourth-order valence-corrected chi connectivity index (χ4v) is 2.77. The lowest BCUT2D eigenvalue weighted by atomic mass is 10.4. The van der Waals surface area contributed by atoms with E-state index in [4.69, 9.17) is 10.5 Å². The molecule has 1 heterocycles. The van der Waals surface area contributed by atoms with Crippen molar-refractivity contribution in [3.05, 3.63) is 15.6 Å². The molecule has 0 aliphatic heterocycles. The van der Waals surface area contributed by atoms with Gasteiger partial charge in [-0.05, 0) is 5.75 Å². The Morgan fingerprint density at radius 1 is 1.57 bits per heavy atom. The summed E-state index contributed by atoms with van der Waals surface area (Å²) < 4.78 is 5.07. The summed E-state index contributed by atoms with van der Waals surface area (Å²) in [6, 6.07) is 0. The molecule has 14 heavy (non-hydrogen) atoms. The third-order valence-electron chi connectivity index (χ3n) is 1.72. The molecule has 0 aromatic carbocycles. The standard InChI is InChI=1S/C9H16N2OS2/c1-3-13-6-9-11-7(5-12-2)8(4-10)14-9/h3-6,10H2,1-2H3. The second-order valence-corrected chi connectivity index (χ2v) is 5.19. The van der Waals surface area contributed by atoms with E-state index in [0.29, 0.717) is 13.2 Å². The Labute approximate surface area is 93.1 Å². The van der Waals surface area contributed by atoms with Crippen LogP contribution in [0.25, 0.3) is 0 Å². The van der Waals surface area contributed by atoms with Crippen LogP contribution in [-0.2, 0) is 23.6 Å². The third-order valence-corrected chi connectivity index (χ3v) is 3.91. The van der Waals surface area contributed by atoms with Crippen molar-refractivity contribution in [2.24, 2.45) is 5.73 Å². The normalized spacial score (nSPS) is 10.8. The lowest BCUT2D eigenvalue weighted by Gasteiger charge is -1.95. The molecular formula is C9H16N2OS2. The molecular weight excluding hydrogens is 216 g/mol. The van der Waals surface area contributed by atoms with E-state index in [9.17, 15) is 0 Å². The first kappa shape index (κ1) is 12.0. The predicted molar refractivity (Wildman–Crippen MR) is 62.6 cm³/mol. The van der Waals surface area contributed by atoms with Crippen LogP contribution >= 0.6 is 23.1 Å². The van der Waals surface area contributed by atoms with Crippen molar-refractivity contribution in [2.75, 3.05) is 12.9 Å². The van der Waals surface area contributed by atoms with Gasteiger partial charge in [-0.15, -0.1) is 11.3 Å². The average Bonchev–Trinajstić information content (AvgIpc) is 2.58. The maximum atomic E-state index is 5.63. The highest BCUT2D eigenvalue weighted by Gasteiger charge is 2.09. The van der Waals surface area contributed by atoms with E-state index >= 15 is 0 Å². The first-order valence-corrected chi connectivity index (χ1v) is 6.53. The molecule has 0 radical (unpaired) electrons. The molecule has 0 unspecified atom stereocenters. The van der Waals surface area contributed by atoms with Crippen molar-refractivity contribution in [2.45, 2.75) is 25.8 Å². The number of ether oxygens (including phenoxy) is 1. The molecule has 0 bridgehead atoms. The fourth-order valence-electron chi connectivity index (χ4n) is 1.10. The van der Waals surface area contributed by atoms with Gasteiger partial charge in [0.25, 0.3) is 0 Å². The van der Waals surface area contributed by atoms with Crippen LogP contribution in [-0.4, -0.2) is 17.8 Å². The van der Waals surface area contributed by atoms with Crippen LogP contribution in [0.5, 0.6) is 0 Å². The number of rotatable bonds is 6. The van der Waals surface area contributed by atoms with Gasteiger partial charge in [0.1, 0.15) is 5.01 Å². The monoisotopic (exact) mass is 232 g/mol. The number of hydrogen-bond donors (Lipinski definition) is 1. The highest BCUT2D eigenvalue weighted by molar-refractivity contribution is 7.98. The second-order valence-electron chi connectivity index (χ2n) is 2.75. The highest BCUT2D eigenvalue weighted by Crippen LogP contribution is 2.22. The van der Waals surface area contributed by atoms with Gasteiger partial charge in [0.2, 0.25) is 0 Å². The minimum atomic E-state index is 0.563. The van der Waals surface area contributed by atoms with Gasteiger partial charge in [0, 0.05) is 24.3 Å². The maximum Gasteiger partial charge on any atom is 0.103 e. The van der Waals surface area contributed by atoms with Gasteiger partial charge in [0.15, 0.2) is 0 Å². The topological polar surface area (TPSA) is 48.1 Å². The molecule has 80 valence electrons. The quantitative estimate of drug-likeness (QED) is 0.815. The zero-order valence-electron chi connectivity index (χ0n) is 8.58. The lowest BCUT2D eigenvalue weighted by molar-refractivity contribution is 0.181. The number of hydrogen-bond acceptors (Lipinski definition) is 5. The van der Waals surface area contributed by atoms with Gasteiger partial charge in [-0.2, -0.15) is 11.8 Å². The van der Waals surface area contributed by atoms with E-state index in [-0.39, 0.29) is 0 Å². The molecule has 0 saturated heterocycles. The summed E-state index contributed by atoms with van der Waals surface area (Å²) in [5, 5.41) is 1.16. The minimum Gasteiger partial charge on any atom is -0.378 e. The number of nitrogens with two attached hydrogens (primary N) is 1. The summed E-state index contributed by atoms with van der Waals surface area (Å²) in [4.78, 5) is 5.65. The first-order chi connectivity index (χ1) is 6.81. The molecule has 1 rings (SSSR count). The number of methoxy groups -OCH3 is 1. The molecule has 1 aromatic rings. The molecule has 1 aromatic heterocycles. The number of nitrogens with zero attached hydrogens (tertiary/aromatic N) is 1. The molecule has 0 aliphatic carbocycles. The number of aromatic nitrogens is 1. The van der Waals surface area contributed by atoms with Crippen LogP contribution in [0.4, 0.5) is 0 Å². The minimum absolute atomic E-state index is 0.563. The molecule has 5 heteroatoms. The zero-order chi connectivity index (χ0) is 10.4. The van der Waals surface area contributed by atoms with E-state index in [0.717, 1.165) is 27.1 Å². The van der Waals surface area contributed by atoms with Crippen LogP contribution in [0.1, 0.15) is 22.5 Å². The summed E-state index contributed by atoms with van der Waals surface area (Å²) in [7, 11) is 1.68. The van der Waals surface area contributed by atoms with Crippen LogP contribution < -0.4 is 5.73 Å². The average molecular weight is 232 g/mol. The molecule has 0 saturated carbocycles. The Morgan fingerprint density at radius 2 is 2.36 bits per heavy atom. The summed E-state index contributed by atoms with van der Waals surface area (Å²) in [5.74, 6) is 2.11. The number of thiazole rings is 1. The Bertz CT molecular complexity index is 276. The second kappa shape index (κ2) is 6.40. The van der Waals surface area contributed by atoms with Gasteiger partial charge in [-0.3, -0.25) is 0 Å². The Kier molecular flexibility index (Phi) is 5.47. The van der Waals surface area contributed by atoms with Crippen LogP contribution in [0, 0.1) is 0 Å². The SMILES string of the molecule is CCSCc1nc(COC)c(CN)s1. The van der Waals surface area contributed by atoms with Crippen molar-refractivity contribution in [1.29, 1.82) is 0 Å². The van der Waals surface area contributed by atoms with E-state index in [1.54, 1.807) is 18.4 Å². The first-order valence-electron chi connectivity index (χ1n) is 4.56. The molecule has 0 spiro atoms. The number of thioether (sulfide) groups is 1. The largest absolute Gasteiger partial charge is 0.378 e. The van der Waals surface area contributed by atoms with Gasteiger partial charge in [-0.1, -0.05) is 6.92 Å². The molecule has 2 N–H and O–H groups in total. The van der Waals surface area contributed by atoms with Crippen molar-refractivity contribution in [1.82, 2.24) is 4.98 Å². The highest BCUT2D eigenvalue weighted by atomic mass is 32.2. The van der Waals surface area contributed by atoms with Gasteiger partial charge in [0.05, 0.1) is 12.3 Å². The van der Waals surface area contributed by atoms with Crippen molar-refractivity contribution in [3.63, 3.8) is 0 Å². The summed E-state index contributed by atoms with van der Waals surface area (Å²) in [5.41, 5.74) is 6.64. The molecule has 0 fully saturated rings.